The van der Waals surface area contributed by atoms with Crippen LogP contribution in [-0.2, 0) is 6.18 Å². The van der Waals surface area contributed by atoms with Gasteiger partial charge in [0.15, 0.2) is 0 Å². The van der Waals surface area contributed by atoms with E-state index in [0.717, 1.165) is 12.1 Å². The van der Waals surface area contributed by atoms with Crippen molar-refractivity contribution in [3.63, 3.8) is 0 Å². The van der Waals surface area contributed by atoms with Gasteiger partial charge in [-0.05, 0) is 30.3 Å². The number of nitrogens with zero attached hydrogens (tertiary/aromatic N) is 2. The fraction of sp³-hybridized carbons (Fsp3) is 0.118. The molecule has 0 aliphatic heterocycles. The fourth-order valence-corrected chi connectivity index (χ4v) is 2.49. The van der Waals surface area contributed by atoms with Crippen LogP contribution in [0.25, 0.3) is 11.4 Å². The maximum Gasteiger partial charge on any atom is 0.417 e. The molecule has 0 aliphatic carbocycles. The number of aryl methyl sites for hydroxylation is 1. The predicted molar refractivity (Wildman–Crippen MR) is 93.6 cm³/mol. The summed E-state index contributed by atoms with van der Waals surface area (Å²) in [6.07, 6.45) is -4.62. The zero-order valence-corrected chi connectivity index (χ0v) is 14.5. The number of alkyl halides is 3. The van der Waals surface area contributed by atoms with Crippen LogP contribution in [0.1, 0.15) is 11.5 Å². The van der Waals surface area contributed by atoms with Crippen LogP contribution in [0.4, 0.5) is 29.3 Å². The minimum absolute atomic E-state index is 0.0471. The Morgan fingerprint density at radius 1 is 1.11 bits per heavy atom. The molecule has 6 nitrogen and oxygen atoms in total. The summed E-state index contributed by atoms with van der Waals surface area (Å²) in [7, 11) is 0. The fourth-order valence-electron chi connectivity index (χ4n) is 2.27. The van der Waals surface area contributed by atoms with Crippen LogP contribution in [0.5, 0.6) is 0 Å². The first-order valence-electron chi connectivity index (χ1n) is 7.58. The topological polar surface area (TPSA) is 80.0 Å². The zero-order chi connectivity index (χ0) is 19.6. The van der Waals surface area contributed by atoms with E-state index in [-0.39, 0.29) is 5.69 Å². The van der Waals surface area contributed by atoms with Gasteiger partial charge in [0.25, 0.3) is 0 Å². The molecule has 0 saturated carbocycles. The van der Waals surface area contributed by atoms with E-state index in [2.05, 4.69) is 20.8 Å². The average molecular weight is 397 g/mol. The maximum absolute atomic E-state index is 12.9. The molecule has 3 rings (SSSR count). The normalized spacial score (nSPS) is 11.3. The van der Waals surface area contributed by atoms with E-state index in [1.807, 2.05) is 0 Å². The molecule has 0 spiro atoms. The minimum atomic E-state index is -4.62. The van der Waals surface area contributed by atoms with Gasteiger partial charge in [-0.25, -0.2) is 4.79 Å². The molecule has 2 aromatic carbocycles. The highest BCUT2D eigenvalue weighted by molar-refractivity contribution is 6.31. The van der Waals surface area contributed by atoms with Crippen molar-refractivity contribution >= 4 is 29.0 Å². The van der Waals surface area contributed by atoms with Gasteiger partial charge in [0.1, 0.15) is 0 Å². The number of hydrogen-bond acceptors (Lipinski definition) is 4. The van der Waals surface area contributed by atoms with Crippen LogP contribution in [-0.4, -0.2) is 16.2 Å². The molecular formula is C17H12ClF3N4O2. The monoisotopic (exact) mass is 396 g/mol. The molecule has 1 heterocycles. The van der Waals surface area contributed by atoms with Crippen molar-refractivity contribution in [3.05, 3.63) is 58.9 Å². The largest absolute Gasteiger partial charge is 0.417 e. The molecule has 10 heteroatoms. The Labute approximate surface area is 156 Å². The quantitative estimate of drug-likeness (QED) is 0.624. The third-order valence-electron chi connectivity index (χ3n) is 3.44. The van der Waals surface area contributed by atoms with Gasteiger partial charge in [-0.2, -0.15) is 18.2 Å². The first-order valence-corrected chi connectivity index (χ1v) is 7.95. The van der Waals surface area contributed by atoms with Crippen molar-refractivity contribution in [2.45, 2.75) is 13.1 Å². The van der Waals surface area contributed by atoms with Crippen molar-refractivity contribution in [3.8, 4) is 11.4 Å². The number of nitrogens with one attached hydrogen (secondary N) is 2. The summed E-state index contributed by atoms with van der Waals surface area (Å²) in [5.41, 5.74) is -0.0708. The smallest absolute Gasteiger partial charge is 0.339 e. The molecule has 0 unspecified atom stereocenters. The molecule has 0 fully saturated rings. The Balaban J connectivity index is 1.73. The molecule has 2 amide bonds. The van der Waals surface area contributed by atoms with Gasteiger partial charge >= 0.3 is 12.2 Å². The van der Waals surface area contributed by atoms with Crippen LogP contribution < -0.4 is 10.6 Å². The summed E-state index contributed by atoms with van der Waals surface area (Å²) in [5.74, 6) is 0.744. The Bertz CT molecular complexity index is 988. The molecule has 0 saturated heterocycles. The van der Waals surface area contributed by atoms with Crippen LogP contribution in [0.3, 0.4) is 0 Å². The summed E-state index contributed by atoms with van der Waals surface area (Å²) in [4.78, 5) is 16.2. The number of hydrogen-bond donors (Lipinski definition) is 2. The lowest BCUT2D eigenvalue weighted by atomic mass is 10.2. The lowest BCUT2D eigenvalue weighted by Gasteiger charge is -2.12. The number of urea groups is 1. The first-order chi connectivity index (χ1) is 12.7. The van der Waals surface area contributed by atoms with Crippen LogP contribution in [0.2, 0.25) is 5.02 Å². The molecule has 1 aromatic heterocycles. The Morgan fingerprint density at radius 2 is 1.81 bits per heavy atom. The zero-order valence-electron chi connectivity index (χ0n) is 13.8. The lowest BCUT2D eigenvalue weighted by molar-refractivity contribution is -0.137. The van der Waals surface area contributed by atoms with E-state index in [1.165, 1.54) is 6.07 Å². The van der Waals surface area contributed by atoms with E-state index in [9.17, 15) is 18.0 Å². The third kappa shape index (κ3) is 4.56. The second-order valence-electron chi connectivity index (χ2n) is 5.49. The number of carbonyl (C=O) groups excluding carboxylic acids is 1. The average Bonchev–Trinajstić information content (AvgIpc) is 3.02. The number of halogens is 4. The second-order valence-corrected chi connectivity index (χ2v) is 5.90. The second kappa shape index (κ2) is 7.28. The van der Waals surface area contributed by atoms with Crippen molar-refractivity contribution in [2.24, 2.45) is 0 Å². The third-order valence-corrected chi connectivity index (χ3v) is 3.77. The number of aromatic nitrogens is 2. The van der Waals surface area contributed by atoms with Crippen molar-refractivity contribution in [1.82, 2.24) is 10.1 Å². The van der Waals surface area contributed by atoms with Gasteiger partial charge in [-0.1, -0.05) is 28.9 Å². The molecule has 27 heavy (non-hydrogen) atoms. The van der Waals surface area contributed by atoms with Crippen molar-refractivity contribution in [2.75, 3.05) is 10.6 Å². The number of rotatable bonds is 3. The van der Waals surface area contributed by atoms with E-state index >= 15 is 0 Å². The number of benzene rings is 2. The van der Waals surface area contributed by atoms with Gasteiger partial charge in [-0.15, -0.1) is 0 Å². The SMILES string of the molecule is Cc1nc(-c2cccc(NC(=O)Nc3ccc(Cl)c(C(F)(F)F)c3)c2)no1. The highest BCUT2D eigenvalue weighted by Gasteiger charge is 2.33. The number of anilines is 2. The van der Waals surface area contributed by atoms with Gasteiger partial charge in [0.2, 0.25) is 11.7 Å². The first kappa shape index (κ1) is 18.7. The highest BCUT2D eigenvalue weighted by Crippen LogP contribution is 2.36. The number of carbonyl (C=O) groups is 1. The number of amides is 2. The van der Waals surface area contributed by atoms with Gasteiger partial charge in [-0.3, -0.25) is 0 Å². The standard InChI is InChI=1S/C17H12ClF3N4O2/c1-9-22-15(25-27-9)10-3-2-4-11(7-10)23-16(26)24-12-5-6-14(18)13(8-12)17(19,20)21/h2-8H,1H3,(H2,23,24,26). The van der Waals surface area contributed by atoms with Crippen LogP contribution in [0.15, 0.2) is 47.0 Å². The van der Waals surface area contributed by atoms with Crippen molar-refractivity contribution < 1.29 is 22.5 Å². The summed E-state index contributed by atoms with van der Waals surface area (Å²) < 4.78 is 43.6. The Morgan fingerprint density at radius 3 is 2.44 bits per heavy atom. The van der Waals surface area contributed by atoms with Gasteiger partial charge in [0.05, 0.1) is 10.6 Å². The highest BCUT2D eigenvalue weighted by atomic mass is 35.5. The van der Waals surface area contributed by atoms with Crippen LogP contribution in [0, 0.1) is 6.92 Å². The summed E-state index contributed by atoms with van der Waals surface area (Å²) >= 11 is 5.56. The van der Waals surface area contributed by atoms with Crippen LogP contribution >= 0.6 is 11.6 Å². The summed E-state index contributed by atoms with van der Waals surface area (Å²) in [6, 6.07) is 9.00. The molecule has 3 aromatic rings. The predicted octanol–water partition coefficient (Wildman–Crippen LogP) is 5.36. The van der Waals surface area contributed by atoms with Crippen molar-refractivity contribution in [1.29, 1.82) is 0 Å². The van der Waals surface area contributed by atoms with E-state index in [1.54, 1.807) is 31.2 Å². The maximum atomic E-state index is 12.9. The molecule has 0 atom stereocenters. The van der Waals surface area contributed by atoms with E-state index in [0.29, 0.717) is 23.0 Å². The molecule has 2 N–H and O–H groups in total. The summed E-state index contributed by atoms with van der Waals surface area (Å²) in [6.45, 7) is 1.65. The van der Waals surface area contributed by atoms with Gasteiger partial charge < -0.3 is 15.2 Å². The Hall–Kier alpha value is -3.07. The van der Waals surface area contributed by atoms with Gasteiger partial charge in [0, 0.05) is 23.9 Å². The summed E-state index contributed by atoms with van der Waals surface area (Å²) in [5, 5.41) is 8.20. The lowest BCUT2D eigenvalue weighted by Crippen LogP contribution is -2.20. The molecule has 0 aliphatic rings. The van der Waals surface area contributed by atoms with E-state index in [4.69, 9.17) is 16.1 Å². The molecule has 0 bridgehead atoms. The molecular weight excluding hydrogens is 385 g/mol. The molecule has 0 radical (unpaired) electrons. The Kier molecular flexibility index (Phi) is 5.04. The van der Waals surface area contributed by atoms with E-state index < -0.39 is 22.8 Å². The molecule has 140 valence electrons. The minimum Gasteiger partial charge on any atom is -0.339 e.